The average Bonchev–Trinajstić information content (AvgIpc) is 2.39. The summed E-state index contributed by atoms with van der Waals surface area (Å²) in [7, 11) is -3.35. The molecule has 7 heteroatoms. The maximum absolute atomic E-state index is 12.5. The van der Waals surface area contributed by atoms with E-state index in [1.165, 1.54) is 6.42 Å². The molecule has 1 heterocycles. The number of piperidine rings is 1. The van der Waals surface area contributed by atoms with Crippen LogP contribution in [-0.4, -0.2) is 37.9 Å². The van der Waals surface area contributed by atoms with Gasteiger partial charge in [-0.05, 0) is 45.1 Å². The number of halogens is 1. The van der Waals surface area contributed by atoms with E-state index in [-0.39, 0.29) is 24.5 Å². The lowest BCUT2D eigenvalue weighted by atomic mass is 9.85. The Morgan fingerprint density at radius 3 is 2.45 bits per heavy atom. The van der Waals surface area contributed by atoms with Crippen molar-refractivity contribution < 1.29 is 8.42 Å². The van der Waals surface area contributed by atoms with Crippen LogP contribution in [0.1, 0.15) is 51.9 Å². The van der Waals surface area contributed by atoms with E-state index >= 15 is 0 Å². The first-order chi connectivity index (χ1) is 9.04. The van der Waals surface area contributed by atoms with Gasteiger partial charge in [0, 0.05) is 18.6 Å². The van der Waals surface area contributed by atoms with E-state index in [0.29, 0.717) is 19.0 Å². The Kier molecular flexibility index (Phi) is 7.21. The molecule has 0 aromatic heterocycles. The monoisotopic (exact) mass is 325 g/mol. The third-order valence-corrected chi connectivity index (χ3v) is 6.32. The lowest BCUT2D eigenvalue weighted by molar-refractivity contribution is 0.250. The fourth-order valence-electron chi connectivity index (χ4n) is 3.33. The smallest absolute Gasteiger partial charge is 0.279 e. The van der Waals surface area contributed by atoms with Crippen molar-refractivity contribution in [2.75, 3.05) is 13.1 Å². The number of rotatable bonds is 4. The van der Waals surface area contributed by atoms with E-state index in [2.05, 4.69) is 4.72 Å². The highest BCUT2D eigenvalue weighted by atomic mass is 35.5. The van der Waals surface area contributed by atoms with Crippen LogP contribution in [0.15, 0.2) is 0 Å². The standard InChI is InChI=1S/C13H27N3O2S.ClH/c1-11-6-4-5-9-16(11)19(17,18)15-13-8-3-2-7-12(13)10-14;/h11-13,15H,2-10,14H2,1H3;1H. The van der Waals surface area contributed by atoms with Crippen LogP contribution >= 0.6 is 12.4 Å². The van der Waals surface area contributed by atoms with Crippen molar-refractivity contribution in [3.05, 3.63) is 0 Å². The van der Waals surface area contributed by atoms with Crippen molar-refractivity contribution >= 4 is 22.6 Å². The first kappa shape index (κ1) is 18.2. The highest BCUT2D eigenvalue weighted by Gasteiger charge is 2.34. The van der Waals surface area contributed by atoms with Crippen molar-refractivity contribution in [1.29, 1.82) is 0 Å². The third kappa shape index (κ3) is 4.31. The summed E-state index contributed by atoms with van der Waals surface area (Å²) in [5, 5.41) is 0. The van der Waals surface area contributed by atoms with E-state index in [9.17, 15) is 8.42 Å². The number of hydrogen-bond donors (Lipinski definition) is 2. The van der Waals surface area contributed by atoms with Crippen molar-refractivity contribution in [1.82, 2.24) is 9.03 Å². The summed E-state index contributed by atoms with van der Waals surface area (Å²) < 4.78 is 29.6. The second kappa shape index (κ2) is 7.94. The Balaban J connectivity index is 0.00000200. The Bertz CT molecular complexity index is 391. The topological polar surface area (TPSA) is 75.4 Å². The van der Waals surface area contributed by atoms with Crippen molar-refractivity contribution in [2.24, 2.45) is 11.7 Å². The molecule has 1 aliphatic heterocycles. The van der Waals surface area contributed by atoms with Gasteiger partial charge in [0.05, 0.1) is 0 Å². The lowest BCUT2D eigenvalue weighted by Crippen LogP contribution is -2.53. The molecule has 0 radical (unpaired) electrons. The Labute approximate surface area is 129 Å². The molecule has 0 bridgehead atoms. The number of nitrogens with zero attached hydrogens (tertiary/aromatic N) is 1. The summed E-state index contributed by atoms with van der Waals surface area (Å²) in [6, 6.07) is 0.143. The molecular weight excluding hydrogens is 298 g/mol. The van der Waals surface area contributed by atoms with Crippen LogP contribution < -0.4 is 10.5 Å². The van der Waals surface area contributed by atoms with Crippen LogP contribution in [0, 0.1) is 5.92 Å². The summed E-state index contributed by atoms with van der Waals surface area (Å²) in [4.78, 5) is 0. The second-order valence-corrected chi connectivity index (χ2v) is 7.62. The van der Waals surface area contributed by atoms with Crippen LogP contribution in [0.25, 0.3) is 0 Å². The van der Waals surface area contributed by atoms with E-state index in [0.717, 1.165) is 38.5 Å². The molecule has 20 heavy (non-hydrogen) atoms. The maximum Gasteiger partial charge on any atom is 0.279 e. The molecule has 3 atom stereocenters. The normalized spacial score (nSPS) is 32.6. The van der Waals surface area contributed by atoms with Crippen LogP contribution in [0.3, 0.4) is 0 Å². The minimum atomic E-state index is -3.35. The van der Waals surface area contributed by atoms with E-state index < -0.39 is 10.2 Å². The van der Waals surface area contributed by atoms with Crippen LogP contribution in [0.4, 0.5) is 0 Å². The molecule has 1 aliphatic carbocycles. The second-order valence-electron chi connectivity index (χ2n) is 5.97. The molecule has 0 aromatic carbocycles. The Morgan fingerprint density at radius 2 is 1.80 bits per heavy atom. The first-order valence-electron chi connectivity index (χ1n) is 7.54. The molecule has 2 fully saturated rings. The molecule has 0 spiro atoms. The van der Waals surface area contributed by atoms with E-state index in [1.54, 1.807) is 4.31 Å². The fourth-order valence-corrected chi connectivity index (χ4v) is 5.11. The molecule has 3 N–H and O–H groups in total. The quantitative estimate of drug-likeness (QED) is 0.825. The molecule has 2 aliphatic rings. The van der Waals surface area contributed by atoms with Gasteiger partial charge in [-0.2, -0.15) is 17.4 Å². The van der Waals surface area contributed by atoms with Crippen molar-refractivity contribution in [3.8, 4) is 0 Å². The van der Waals surface area contributed by atoms with Gasteiger partial charge in [0.1, 0.15) is 0 Å². The van der Waals surface area contributed by atoms with Gasteiger partial charge >= 0.3 is 0 Å². The number of nitrogens with two attached hydrogens (primary N) is 1. The minimum Gasteiger partial charge on any atom is -0.330 e. The van der Waals surface area contributed by atoms with Gasteiger partial charge in [-0.15, -0.1) is 12.4 Å². The summed E-state index contributed by atoms with van der Waals surface area (Å²) in [5.74, 6) is 0.295. The third-order valence-electron chi connectivity index (χ3n) is 4.56. The maximum atomic E-state index is 12.5. The fraction of sp³-hybridized carbons (Fsp3) is 1.00. The van der Waals surface area contributed by atoms with Gasteiger partial charge in [0.15, 0.2) is 0 Å². The zero-order chi connectivity index (χ0) is 13.9. The van der Waals surface area contributed by atoms with Crippen LogP contribution in [0.5, 0.6) is 0 Å². The van der Waals surface area contributed by atoms with E-state index in [1.807, 2.05) is 6.92 Å². The Hall–Kier alpha value is 0.120. The zero-order valence-electron chi connectivity index (χ0n) is 12.3. The summed E-state index contributed by atoms with van der Waals surface area (Å²) in [6.07, 6.45) is 7.28. The molecule has 1 saturated heterocycles. The van der Waals surface area contributed by atoms with Gasteiger partial charge < -0.3 is 5.73 Å². The van der Waals surface area contributed by atoms with E-state index in [4.69, 9.17) is 5.73 Å². The minimum absolute atomic E-state index is 0. The molecule has 2 rings (SSSR count). The Morgan fingerprint density at radius 1 is 1.15 bits per heavy atom. The zero-order valence-corrected chi connectivity index (χ0v) is 13.9. The highest BCUT2D eigenvalue weighted by molar-refractivity contribution is 7.87. The van der Waals surface area contributed by atoms with Gasteiger partial charge in [-0.25, -0.2) is 0 Å². The predicted molar refractivity (Wildman–Crippen MR) is 84.1 cm³/mol. The number of nitrogens with one attached hydrogen (secondary N) is 1. The SMILES string of the molecule is CC1CCCCN1S(=O)(=O)NC1CCCCC1CN.Cl. The van der Waals surface area contributed by atoms with Crippen LogP contribution in [-0.2, 0) is 10.2 Å². The molecule has 0 amide bonds. The largest absolute Gasteiger partial charge is 0.330 e. The molecule has 3 unspecified atom stereocenters. The highest BCUT2D eigenvalue weighted by Crippen LogP contribution is 2.26. The summed E-state index contributed by atoms with van der Waals surface area (Å²) in [6.45, 7) is 3.22. The molecule has 5 nitrogen and oxygen atoms in total. The van der Waals surface area contributed by atoms with Crippen LogP contribution in [0.2, 0.25) is 0 Å². The average molecular weight is 326 g/mol. The lowest BCUT2D eigenvalue weighted by Gasteiger charge is -2.36. The van der Waals surface area contributed by atoms with Gasteiger partial charge in [0.25, 0.3) is 10.2 Å². The predicted octanol–water partition coefficient (Wildman–Crippen LogP) is 1.63. The van der Waals surface area contributed by atoms with Crippen molar-refractivity contribution in [2.45, 2.75) is 64.0 Å². The van der Waals surface area contributed by atoms with Gasteiger partial charge in [-0.3, -0.25) is 0 Å². The molecule has 120 valence electrons. The van der Waals surface area contributed by atoms with Crippen molar-refractivity contribution in [3.63, 3.8) is 0 Å². The molecule has 0 aromatic rings. The summed E-state index contributed by atoms with van der Waals surface area (Å²) >= 11 is 0. The van der Waals surface area contributed by atoms with Gasteiger partial charge in [-0.1, -0.05) is 19.3 Å². The van der Waals surface area contributed by atoms with Gasteiger partial charge in [0.2, 0.25) is 0 Å². The molecule has 1 saturated carbocycles. The summed E-state index contributed by atoms with van der Waals surface area (Å²) in [5.41, 5.74) is 5.77. The molecular formula is C13H28ClN3O2S. The number of hydrogen-bond acceptors (Lipinski definition) is 3. The first-order valence-corrected chi connectivity index (χ1v) is 8.98.